The van der Waals surface area contributed by atoms with Gasteiger partial charge in [0.1, 0.15) is 22.3 Å². The average molecular weight is 946 g/mol. The van der Waals surface area contributed by atoms with Gasteiger partial charge in [-0.1, -0.05) is 161 Å². The number of fused-ring (bicyclic) bond motifs is 20. The molecule has 0 N–H and O–H groups in total. The summed E-state index contributed by atoms with van der Waals surface area (Å²) in [5, 5.41) is 4.71. The Bertz CT molecular complexity index is 4040. The van der Waals surface area contributed by atoms with Crippen LogP contribution in [0, 0.1) is 0 Å². The zero-order valence-corrected chi connectivity index (χ0v) is 43.8. The molecule has 3 nitrogen and oxygen atoms in total. The molecule has 0 spiro atoms. The zero-order valence-electron chi connectivity index (χ0n) is 43.8. The molecule has 4 aliphatic rings. The van der Waals surface area contributed by atoms with Crippen molar-refractivity contribution in [2.24, 2.45) is 0 Å². The summed E-state index contributed by atoms with van der Waals surface area (Å²) in [6.45, 7) is 26.1. The Kier molecular flexibility index (Phi) is 8.07. The molecule has 2 heterocycles. The van der Waals surface area contributed by atoms with Crippen LogP contribution in [-0.2, 0) is 27.1 Å². The first-order chi connectivity index (χ1) is 34.8. The van der Waals surface area contributed by atoms with Crippen molar-refractivity contribution in [2.45, 2.75) is 103 Å². The highest BCUT2D eigenvalue weighted by Crippen LogP contribution is 2.61. The molecule has 15 rings (SSSR count). The second-order valence-corrected chi connectivity index (χ2v) is 24.9. The first-order valence-corrected chi connectivity index (χ1v) is 26.3. The minimum Gasteiger partial charge on any atom is -0.455 e. The number of hydrogen-bond donors (Lipinski definition) is 0. The maximum atomic E-state index is 6.74. The third kappa shape index (κ3) is 5.45. The molecule has 9 aromatic carbocycles. The molecule has 0 saturated carbocycles. The molecular formula is C70H59NO2. The van der Waals surface area contributed by atoms with Gasteiger partial charge in [0.2, 0.25) is 0 Å². The summed E-state index contributed by atoms with van der Waals surface area (Å²) in [6, 6.07) is 60.1. The largest absolute Gasteiger partial charge is 0.455 e. The van der Waals surface area contributed by atoms with Crippen molar-refractivity contribution in [1.82, 2.24) is 0 Å². The Balaban J connectivity index is 0.867. The second kappa shape index (κ2) is 13.7. The van der Waals surface area contributed by atoms with Gasteiger partial charge in [0.05, 0.1) is 0 Å². The van der Waals surface area contributed by atoms with Crippen LogP contribution in [-0.4, -0.2) is 0 Å². The molecular weight excluding hydrogens is 887 g/mol. The van der Waals surface area contributed by atoms with Gasteiger partial charge in [-0.05, 0) is 162 Å². The Labute approximate surface area is 428 Å². The summed E-state index contributed by atoms with van der Waals surface area (Å²) in [5.74, 6) is 0. The molecule has 0 unspecified atom stereocenters. The van der Waals surface area contributed by atoms with Crippen molar-refractivity contribution in [2.75, 3.05) is 4.90 Å². The Morgan fingerprint density at radius 2 is 0.699 bits per heavy atom. The van der Waals surface area contributed by atoms with E-state index in [1.165, 1.54) is 116 Å². The Morgan fingerprint density at radius 3 is 1.14 bits per heavy atom. The maximum Gasteiger partial charge on any atom is 0.143 e. The summed E-state index contributed by atoms with van der Waals surface area (Å²) >= 11 is 0. The highest BCUT2D eigenvalue weighted by atomic mass is 16.3. The number of anilines is 3. The molecule has 4 aliphatic carbocycles. The standard InChI is InChI=1S/C70H59NO2/c1-66(2,3)38-20-22-39(23-21-38)71(40-24-26-42-48-34-58-50(36-56(48)69(8,9)54(42)32-40)62-52(67(58,4)5)30-28-46-44-16-12-14-18-60(44)72-64(46)62)41-25-27-43-49-35-59-51(37-57(49)70(10,11)55(43)33-41)63-53(68(59,6)7)31-29-47-45-17-13-15-19-61(45)73-65(47)63/h12-37H,1-11H3. The van der Waals surface area contributed by atoms with E-state index < -0.39 is 0 Å². The van der Waals surface area contributed by atoms with Crippen molar-refractivity contribution in [3.63, 3.8) is 0 Å². The summed E-state index contributed by atoms with van der Waals surface area (Å²) in [4.78, 5) is 2.50. The van der Waals surface area contributed by atoms with Crippen molar-refractivity contribution in [3.05, 3.63) is 208 Å². The second-order valence-electron chi connectivity index (χ2n) is 24.9. The molecule has 3 heteroatoms. The molecule has 0 amide bonds. The van der Waals surface area contributed by atoms with E-state index in [0.717, 1.165) is 39.4 Å². The fraction of sp³-hybridized carbons (Fsp3) is 0.229. The quantitative estimate of drug-likeness (QED) is 0.177. The minimum absolute atomic E-state index is 0.0349. The summed E-state index contributed by atoms with van der Waals surface area (Å²) in [5.41, 5.74) is 29.1. The van der Waals surface area contributed by atoms with Crippen LogP contribution >= 0.6 is 0 Å². The van der Waals surface area contributed by atoms with Gasteiger partial charge >= 0.3 is 0 Å². The van der Waals surface area contributed by atoms with Gasteiger partial charge < -0.3 is 13.7 Å². The van der Waals surface area contributed by atoms with Gasteiger partial charge in [0, 0.05) is 71.4 Å². The van der Waals surface area contributed by atoms with Crippen LogP contribution in [0.25, 0.3) is 88.4 Å². The van der Waals surface area contributed by atoms with Crippen LogP contribution in [0.3, 0.4) is 0 Å². The smallest absolute Gasteiger partial charge is 0.143 e. The number of benzene rings is 9. The topological polar surface area (TPSA) is 29.5 Å². The summed E-state index contributed by atoms with van der Waals surface area (Å²) in [6.07, 6.45) is 0. The average Bonchev–Trinajstić information content (AvgIpc) is 4.15. The molecule has 2 aromatic heterocycles. The predicted octanol–water partition coefficient (Wildman–Crippen LogP) is 19.5. The van der Waals surface area contributed by atoms with Gasteiger partial charge in [-0.3, -0.25) is 0 Å². The SMILES string of the molecule is CC(C)(C)c1ccc(N(c2ccc3c(c2)C(C)(C)c2cc4c(cc2-3)C(C)(C)c2ccc3c(oc5ccccc53)c2-4)c2ccc3c(c2)C(C)(C)c2cc4c(cc2-3)C(C)(C)c2ccc3c(oc5ccccc53)c2-4)cc1. The van der Waals surface area contributed by atoms with E-state index in [-0.39, 0.29) is 27.1 Å². The van der Waals surface area contributed by atoms with Crippen molar-refractivity contribution < 1.29 is 8.83 Å². The normalized spacial score (nSPS) is 16.6. The highest BCUT2D eigenvalue weighted by Gasteiger charge is 2.45. The predicted molar refractivity (Wildman–Crippen MR) is 305 cm³/mol. The lowest BCUT2D eigenvalue weighted by atomic mass is 9.79. The van der Waals surface area contributed by atoms with E-state index in [4.69, 9.17) is 8.83 Å². The number of para-hydroxylation sites is 2. The molecule has 0 fully saturated rings. The van der Waals surface area contributed by atoms with E-state index in [9.17, 15) is 0 Å². The molecule has 11 aromatic rings. The molecule has 0 aliphatic heterocycles. The van der Waals surface area contributed by atoms with Crippen LogP contribution in [0.15, 0.2) is 167 Å². The Morgan fingerprint density at radius 1 is 0.329 bits per heavy atom. The van der Waals surface area contributed by atoms with Crippen molar-refractivity contribution in [3.8, 4) is 44.5 Å². The van der Waals surface area contributed by atoms with Crippen LogP contribution in [0.5, 0.6) is 0 Å². The van der Waals surface area contributed by atoms with E-state index in [2.05, 4.69) is 239 Å². The summed E-state index contributed by atoms with van der Waals surface area (Å²) < 4.78 is 13.5. The monoisotopic (exact) mass is 945 g/mol. The maximum absolute atomic E-state index is 6.74. The third-order valence-corrected chi connectivity index (χ3v) is 18.4. The van der Waals surface area contributed by atoms with Gasteiger partial charge in [-0.15, -0.1) is 0 Å². The fourth-order valence-corrected chi connectivity index (χ4v) is 14.3. The van der Waals surface area contributed by atoms with Gasteiger partial charge in [-0.25, -0.2) is 0 Å². The number of rotatable bonds is 3. The third-order valence-electron chi connectivity index (χ3n) is 18.4. The number of nitrogens with zero attached hydrogens (tertiary/aromatic N) is 1. The lowest BCUT2D eigenvalue weighted by molar-refractivity contribution is 0.590. The Hall–Kier alpha value is -7.62. The van der Waals surface area contributed by atoms with Crippen molar-refractivity contribution in [1.29, 1.82) is 0 Å². The molecule has 356 valence electrons. The lowest BCUT2D eigenvalue weighted by Crippen LogP contribution is -2.18. The van der Waals surface area contributed by atoms with Gasteiger partial charge in [-0.2, -0.15) is 0 Å². The zero-order chi connectivity index (χ0) is 50.0. The number of hydrogen-bond acceptors (Lipinski definition) is 3. The summed E-state index contributed by atoms with van der Waals surface area (Å²) in [7, 11) is 0. The van der Waals surface area contributed by atoms with Crippen LogP contribution < -0.4 is 4.90 Å². The highest BCUT2D eigenvalue weighted by molar-refractivity contribution is 6.13. The van der Waals surface area contributed by atoms with Gasteiger partial charge in [0.15, 0.2) is 0 Å². The van der Waals surface area contributed by atoms with Crippen LogP contribution in [0.1, 0.15) is 126 Å². The van der Waals surface area contributed by atoms with E-state index in [0.29, 0.717) is 0 Å². The van der Waals surface area contributed by atoms with E-state index >= 15 is 0 Å². The van der Waals surface area contributed by atoms with Crippen LogP contribution in [0.2, 0.25) is 0 Å². The molecule has 0 saturated heterocycles. The van der Waals surface area contributed by atoms with Crippen molar-refractivity contribution >= 4 is 60.9 Å². The van der Waals surface area contributed by atoms with Gasteiger partial charge in [0.25, 0.3) is 0 Å². The number of furan rings is 2. The minimum atomic E-state index is -0.256. The molecule has 0 atom stereocenters. The molecule has 0 radical (unpaired) electrons. The first-order valence-electron chi connectivity index (χ1n) is 26.3. The van der Waals surface area contributed by atoms with Crippen LogP contribution in [0.4, 0.5) is 17.1 Å². The van der Waals surface area contributed by atoms with E-state index in [1.54, 1.807) is 0 Å². The first kappa shape index (κ1) is 43.0. The lowest BCUT2D eigenvalue weighted by Gasteiger charge is -2.30. The molecule has 0 bridgehead atoms. The fourth-order valence-electron chi connectivity index (χ4n) is 14.3. The molecule has 73 heavy (non-hydrogen) atoms. The van der Waals surface area contributed by atoms with E-state index in [1.807, 2.05) is 0 Å².